The van der Waals surface area contributed by atoms with Crippen molar-refractivity contribution in [1.82, 2.24) is 4.68 Å². The summed E-state index contributed by atoms with van der Waals surface area (Å²) >= 11 is 0. The molecule has 0 aromatic carbocycles. The second-order valence-electron chi connectivity index (χ2n) is 2.35. The van der Waals surface area contributed by atoms with E-state index in [1.54, 1.807) is 14.2 Å². The maximum Gasteiger partial charge on any atom is 0.175 e. The van der Waals surface area contributed by atoms with Gasteiger partial charge in [-0.25, -0.2) is 0 Å². The molecule has 1 rings (SSSR count). The molecule has 0 bridgehead atoms. The quantitative estimate of drug-likeness (QED) is 0.659. The van der Waals surface area contributed by atoms with Crippen LogP contribution in [0.5, 0.6) is 0 Å². The van der Waals surface area contributed by atoms with Gasteiger partial charge in [-0.15, -0.1) is 0 Å². The molecular formula is C8H14N2O2. The molecule has 4 heteroatoms. The summed E-state index contributed by atoms with van der Waals surface area (Å²) in [6, 6.07) is 3.89. The van der Waals surface area contributed by atoms with Crippen LogP contribution in [0.15, 0.2) is 24.5 Å². The second-order valence-corrected chi connectivity index (χ2v) is 2.35. The molecule has 68 valence electrons. The highest BCUT2D eigenvalue weighted by Crippen LogP contribution is 1.90. The first-order valence-corrected chi connectivity index (χ1v) is 3.79. The Kier molecular flexibility index (Phi) is 3.63. The Bertz CT molecular complexity index is 195. The number of nitrogens with zero attached hydrogens (tertiary/aromatic N) is 1. The third-order valence-electron chi connectivity index (χ3n) is 1.57. The lowest BCUT2D eigenvalue weighted by Crippen LogP contribution is -2.28. The molecule has 12 heavy (non-hydrogen) atoms. The number of aromatic nitrogens is 1. The lowest BCUT2D eigenvalue weighted by Gasteiger charge is -2.15. The highest BCUT2D eigenvalue weighted by Gasteiger charge is 2.02. The third kappa shape index (κ3) is 2.56. The van der Waals surface area contributed by atoms with Crippen molar-refractivity contribution in [2.24, 2.45) is 0 Å². The highest BCUT2D eigenvalue weighted by molar-refractivity contribution is 4.93. The van der Waals surface area contributed by atoms with Gasteiger partial charge in [0.05, 0.1) is 6.54 Å². The van der Waals surface area contributed by atoms with Gasteiger partial charge < -0.3 is 14.9 Å². The summed E-state index contributed by atoms with van der Waals surface area (Å²) in [5.41, 5.74) is 3.09. The van der Waals surface area contributed by atoms with E-state index in [0.717, 1.165) is 0 Å². The van der Waals surface area contributed by atoms with E-state index in [1.165, 1.54) is 0 Å². The molecule has 0 unspecified atom stereocenters. The van der Waals surface area contributed by atoms with Crippen molar-refractivity contribution in [1.29, 1.82) is 0 Å². The van der Waals surface area contributed by atoms with E-state index in [1.807, 2.05) is 29.2 Å². The predicted octanol–water partition coefficient (Wildman–Crippen LogP) is 0.650. The summed E-state index contributed by atoms with van der Waals surface area (Å²) in [7, 11) is 3.23. The van der Waals surface area contributed by atoms with Crippen molar-refractivity contribution in [3.8, 4) is 0 Å². The van der Waals surface area contributed by atoms with E-state index >= 15 is 0 Å². The second kappa shape index (κ2) is 4.79. The van der Waals surface area contributed by atoms with Crippen LogP contribution in [0.3, 0.4) is 0 Å². The SMILES string of the molecule is COC(CNn1cccc1)OC. The van der Waals surface area contributed by atoms with Crippen LogP contribution < -0.4 is 5.43 Å². The Hall–Kier alpha value is -1.00. The smallest absolute Gasteiger partial charge is 0.175 e. The van der Waals surface area contributed by atoms with Crippen LogP contribution >= 0.6 is 0 Å². The van der Waals surface area contributed by atoms with E-state index in [4.69, 9.17) is 9.47 Å². The minimum atomic E-state index is -0.201. The monoisotopic (exact) mass is 170 g/mol. The van der Waals surface area contributed by atoms with Gasteiger partial charge in [0.2, 0.25) is 0 Å². The maximum absolute atomic E-state index is 5.00. The van der Waals surface area contributed by atoms with Crippen LogP contribution in [0.4, 0.5) is 0 Å². The van der Waals surface area contributed by atoms with Gasteiger partial charge in [0.25, 0.3) is 0 Å². The van der Waals surface area contributed by atoms with Gasteiger partial charge >= 0.3 is 0 Å². The van der Waals surface area contributed by atoms with Gasteiger partial charge in [0.15, 0.2) is 6.29 Å². The van der Waals surface area contributed by atoms with Crippen molar-refractivity contribution >= 4 is 0 Å². The number of rotatable bonds is 5. The van der Waals surface area contributed by atoms with Crippen molar-refractivity contribution in [2.75, 3.05) is 26.2 Å². The lowest BCUT2D eigenvalue weighted by atomic mass is 10.6. The van der Waals surface area contributed by atoms with E-state index in [-0.39, 0.29) is 6.29 Å². The Morgan fingerprint density at radius 2 is 1.83 bits per heavy atom. The molecule has 1 aromatic rings. The minimum Gasteiger partial charge on any atom is -0.354 e. The molecule has 1 heterocycles. The van der Waals surface area contributed by atoms with Gasteiger partial charge in [0.1, 0.15) is 0 Å². The zero-order chi connectivity index (χ0) is 8.81. The predicted molar refractivity (Wildman–Crippen MR) is 46.5 cm³/mol. The average molecular weight is 170 g/mol. The van der Waals surface area contributed by atoms with E-state index in [9.17, 15) is 0 Å². The Labute approximate surface area is 72.1 Å². The van der Waals surface area contributed by atoms with E-state index in [2.05, 4.69) is 5.43 Å². The molecular weight excluding hydrogens is 156 g/mol. The van der Waals surface area contributed by atoms with Gasteiger partial charge in [0, 0.05) is 26.6 Å². The summed E-state index contributed by atoms with van der Waals surface area (Å²) in [6.07, 6.45) is 3.64. The summed E-state index contributed by atoms with van der Waals surface area (Å²) in [5.74, 6) is 0. The summed E-state index contributed by atoms with van der Waals surface area (Å²) in [4.78, 5) is 0. The molecule has 0 saturated carbocycles. The van der Waals surface area contributed by atoms with Crippen LogP contribution in [-0.4, -0.2) is 31.7 Å². The number of hydrogen-bond acceptors (Lipinski definition) is 3. The fourth-order valence-electron chi connectivity index (χ4n) is 0.883. The molecule has 0 spiro atoms. The Balaban J connectivity index is 2.25. The van der Waals surface area contributed by atoms with Crippen LogP contribution in [-0.2, 0) is 9.47 Å². The number of hydrogen-bond donors (Lipinski definition) is 1. The maximum atomic E-state index is 5.00. The molecule has 0 aliphatic rings. The van der Waals surface area contributed by atoms with Crippen molar-refractivity contribution in [3.05, 3.63) is 24.5 Å². The molecule has 0 atom stereocenters. The normalized spacial score (nSPS) is 10.6. The number of nitrogens with one attached hydrogen (secondary N) is 1. The highest BCUT2D eigenvalue weighted by atomic mass is 16.7. The molecule has 0 saturated heterocycles. The van der Waals surface area contributed by atoms with Gasteiger partial charge in [-0.05, 0) is 12.1 Å². The molecule has 0 amide bonds. The molecule has 1 aromatic heterocycles. The van der Waals surface area contributed by atoms with Crippen LogP contribution in [0.2, 0.25) is 0 Å². The first-order chi connectivity index (χ1) is 5.86. The van der Waals surface area contributed by atoms with Crippen LogP contribution in [0.25, 0.3) is 0 Å². The Morgan fingerprint density at radius 3 is 2.33 bits per heavy atom. The number of ether oxygens (including phenoxy) is 2. The fourth-order valence-corrected chi connectivity index (χ4v) is 0.883. The molecule has 1 N–H and O–H groups in total. The van der Waals surface area contributed by atoms with Crippen LogP contribution in [0.1, 0.15) is 0 Å². The third-order valence-corrected chi connectivity index (χ3v) is 1.57. The van der Waals surface area contributed by atoms with Gasteiger partial charge in [-0.1, -0.05) is 0 Å². The van der Waals surface area contributed by atoms with E-state index in [0.29, 0.717) is 6.54 Å². The summed E-state index contributed by atoms with van der Waals surface area (Å²) in [6.45, 7) is 0.627. The lowest BCUT2D eigenvalue weighted by molar-refractivity contribution is -0.0927. The fraction of sp³-hybridized carbons (Fsp3) is 0.500. The summed E-state index contributed by atoms with van der Waals surface area (Å²) in [5, 5.41) is 0. The molecule has 0 aliphatic carbocycles. The van der Waals surface area contributed by atoms with Crippen molar-refractivity contribution in [3.63, 3.8) is 0 Å². The Morgan fingerprint density at radius 1 is 1.25 bits per heavy atom. The zero-order valence-corrected chi connectivity index (χ0v) is 7.36. The van der Waals surface area contributed by atoms with Gasteiger partial charge in [-0.3, -0.25) is 4.68 Å². The molecule has 0 radical (unpaired) electrons. The summed E-state index contributed by atoms with van der Waals surface area (Å²) < 4.78 is 11.9. The topological polar surface area (TPSA) is 35.4 Å². The van der Waals surface area contributed by atoms with Gasteiger partial charge in [-0.2, -0.15) is 0 Å². The largest absolute Gasteiger partial charge is 0.354 e. The van der Waals surface area contributed by atoms with E-state index < -0.39 is 0 Å². The van der Waals surface area contributed by atoms with Crippen LogP contribution in [0, 0.1) is 0 Å². The van der Waals surface area contributed by atoms with Crippen molar-refractivity contribution < 1.29 is 9.47 Å². The standard InChI is InChI=1S/C8H14N2O2/c1-11-8(12-2)7-9-10-5-3-4-6-10/h3-6,8-9H,7H2,1-2H3. The molecule has 0 aliphatic heterocycles. The molecule has 0 fully saturated rings. The first-order valence-electron chi connectivity index (χ1n) is 3.79. The minimum absolute atomic E-state index is 0.201. The first kappa shape index (κ1) is 9.09. The van der Waals surface area contributed by atoms with Crippen molar-refractivity contribution in [2.45, 2.75) is 6.29 Å². The average Bonchev–Trinajstić information content (AvgIpc) is 2.59. The molecule has 4 nitrogen and oxygen atoms in total. The zero-order valence-electron chi connectivity index (χ0n) is 7.36. The number of methoxy groups -OCH3 is 2.